The summed E-state index contributed by atoms with van der Waals surface area (Å²) in [6, 6.07) is 12.2. The number of benzene rings is 2. The number of nitrogens with zero attached hydrogens (tertiary/aromatic N) is 2. The van der Waals surface area contributed by atoms with Crippen molar-refractivity contribution < 1.29 is 33.3 Å². The summed E-state index contributed by atoms with van der Waals surface area (Å²) in [6.45, 7) is 3.55. The summed E-state index contributed by atoms with van der Waals surface area (Å²) in [5.74, 6) is -0.0157. The van der Waals surface area contributed by atoms with E-state index in [1.807, 2.05) is 0 Å². The van der Waals surface area contributed by atoms with E-state index >= 15 is 0 Å². The molecule has 10 nitrogen and oxygen atoms in total. The Hall–Kier alpha value is -4.61. The van der Waals surface area contributed by atoms with Gasteiger partial charge in [0.25, 0.3) is 5.56 Å². The minimum absolute atomic E-state index is 0.0536. The number of carboxylic acid groups (broad SMARTS) is 1. The van der Waals surface area contributed by atoms with Gasteiger partial charge in [-0.3, -0.25) is 9.36 Å². The SMILES string of the molecule is CCOC(=O)C1=C(C)N=c2sc(=Cc3ccc(-c4ccc(Cl)c(C(=O)O)c4)o3)c(=O)n2C1c1ccc(OC)cc1OC. The lowest BCUT2D eigenvalue weighted by Crippen LogP contribution is -2.40. The minimum atomic E-state index is -1.16. The highest BCUT2D eigenvalue weighted by Gasteiger charge is 2.35. The van der Waals surface area contributed by atoms with Crippen molar-refractivity contribution >= 4 is 41.0 Å². The number of hydrogen-bond donors (Lipinski definition) is 1. The van der Waals surface area contributed by atoms with Crippen LogP contribution in [0.1, 0.15) is 41.6 Å². The first-order valence-electron chi connectivity index (χ1n) is 12.7. The zero-order valence-electron chi connectivity index (χ0n) is 23.0. The number of furan rings is 1. The van der Waals surface area contributed by atoms with Crippen molar-refractivity contribution in [2.75, 3.05) is 20.8 Å². The molecule has 216 valence electrons. The van der Waals surface area contributed by atoms with Crippen molar-refractivity contribution in [1.29, 1.82) is 0 Å². The molecule has 0 fully saturated rings. The molecule has 2 aromatic heterocycles. The zero-order valence-corrected chi connectivity index (χ0v) is 24.5. The molecule has 12 heteroatoms. The predicted molar refractivity (Wildman–Crippen MR) is 156 cm³/mol. The number of hydrogen-bond acceptors (Lipinski definition) is 9. The van der Waals surface area contributed by atoms with Crippen LogP contribution in [0.5, 0.6) is 11.5 Å². The van der Waals surface area contributed by atoms with Crippen LogP contribution in [0.2, 0.25) is 5.02 Å². The van der Waals surface area contributed by atoms with E-state index in [0.717, 1.165) is 11.3 Å². The van der Waals surface area contributed by atoms with Gasteiger partial charge < -0.3 is 23.7 Å². The Morgan fingerprint density at radius 2 is 1.93 bits per heavy atom. The van der Waals surface area contributed by atoms with Crippen LogP contribution in [0.3, 0.4) is 0 Å². The van der Waals surface area contributed by atoms with Crippen molar-refractivity contribution in [2.45, 2.75) is 19.9 Å². The minimum Gasteiger partial charge on any atom is -0.497 e. The number of aromatic carboxylic acids is 1. The number of fused-ring (bicyclic) bond motifs is 1. The van der Waals surface area contributed by atoms with Crippen molar-refractivity contribution in [3.8, 4) is 22.8 Å². The molecule has 4 aromatic rings. The van der Waals surface area contributed by atoms with E-state index in [-0.39, 0.29) is 22.8 Å². The van der Waals surface area contributed by atoms with E-state index in [9.17, 15) is 19.5 Å². The maximum Gasteiger partial charge on any atom is 0.338 e. The lowest BCUT2D eigenvalue weighted by Gasteiger charge is -2.26. The number of methoxy groups -OCH3 is 2. The molecule has 2 aromatic carbocycles. The van der Waals surface area contributed by atoms with Gasteiger partial charge in [-0.2, -0.15) is 0 Å². The Bertz CT molecular complexity index is 1930. The molecule has 0 aliphatic carbocycles. The third-order valence-corrected chi connectivity index (χ3v) is 7.95. The summed E-state index contributed by atoms with van der Waals surface area (Å²) in [6.07, 6.45) is 1.58. The van der Waals surface area contributed by atoms with Gasteiger partial charge in [-0.05, 0) is 56.3 Å². The number of rotatable bonds is 8. The number of esters is 1. The molecule has 0 radical (unpaired) electrons. The van der Waals surface area contributed by atoms with Gasteiger partial charge in [-0.15, -0.1) is 0 Å². The normalized spacial score (nSPS) is 14.8. The van der Waals surface area contributed by atoms with Crippen LogP contribution in [0, 0.1) is 0 Å². The molecule has 0 amide bonds. The van der Waals surface area contributed by atoms with Crippen molar-refractivity contribution in [1.82, 2.24) is 4.57 Å². The maximum absolute atomic E-state index is 13.9. The molecule has 1 atom stereocenters. The standard InChI is InChI=1S/C30H25ClN2O8S/c1-5-40-29(37)25-15(2)32-30-33(26(25)19-9-7-17(38-3)13-23(19)39-4)27(34)24(42-30)14-18-8-11-22(41-18)16-6-10-21(31)20(12-16)28(35)36/h6-14,26H,5H2,1-4H3,(H,35,36). The maximum atomic E-state index is 13.9. The number of carbonyl (C=O) groups is 2. The monoisotopic (exact) mass is 608 g/mol. The topological polar surface area (TPSA) is 130 Å². The van der Waals surface area contributed by atoms with E-state index in [1.165, 1.54) is 30.9 Å². The summed E-state index contributed by atoms with van der Waals surface area (Å²) < 4.78 is 24.0. The molecular weight excluding hydrogens is 584 g/mol. The average Bonchev–Trinajstić information content (AvgIpc) is 3.56. The summed E-state index contributed by atoms with van der Waals surface area (Å²) in [4.78, 5) is 43.6. The fourth-order valence-electron chi connectivity index (χ4n) is 4.69. The van der Waals surface area contributed by atoms with Gasteiger partial charge in [0.05, 0.1) is 47.2 Å². The van der Waals surface area contributed by atoms with Crippen molar-refractivity contribution in [2.24, 2.45) is 4.99 Å². The molecule has 3 heterocycles. The second-order valence-corrected chi connectivity index (χ2v) is 10.5. The zero-order chi connectivity index (χ0) is 30.1. The lowest BCUT2D eigenvalue weighted by molar-refractivity contribution is -0.139. The van der Waals surface area contributed by atoms with E-state index in [1.54, 1.807) is 56.3 Å². The predicted octanol–water partition coefficient (Wildman–Crippen LogP) is 4.43. The van der Waals surface area contributed by atoms with Gasteiger partial charge >= 0.3 is 11.9 Å². The molecular formula is C30H25ClN2O8S. The van der Waals surface area contributed by atoms with Crippen LogP contribution < -0.4 is 24.4 Å². The molecule has 1 N–H and O–H groups in total. The van der Waals surface area contributed by atoms with Crippen molar-refractivity contribution in [3.63, 3.8) is 0 Å². The number of halogens is 1. The fraction of sp³-hybridized carbons (Fsp3) is 0.200. The van der Waals surface area contributed by atoms with Crippen molar-refractivity contribution in [3.05, 3.63) is 101 Å². The van der Waals surface area contributed by atoms with E-state index in [0.29, 0.717) is 49.2 Å². The van der Waals surface area contributed by atoms with Gasteiger partial charge in [0.2, 0.25) is 0 Å². The molecule has 1 aliphatic rings. The number of carboxylic acids is 1. The Balaban J connectivity index is 1.65. The third kappa shape index (κ3) is 5.24. The van der Waals surface area contributed by atoms with Crippen LogP contribution in [-0.4, -0.2) is 42.4 Å². The summed E-state index contributed by atoms with van der Waals surface area (Å²) in [5.41, 5.74) is 1.26. The van der Waals surface area contributed by atoms with E-state index in [4.69, 9.17) is 30.2 Å². The number of allylic oxidation sites excluding steroid dienone is 1. The van der Waals surface area contributed by atoms with Crippen LogP contribution in [0.15, 0.2) is 74.0 Å². The quantitative estimate of drug-likeness (QED) is 0.291. The highest BCUT2D eigenvalue weighted by molar-refractivity contribution is 7.07. The number of aromatic nitrogens is 1. The van der Waals surface area contributed by atoms with Crippen LogP contribution >= 0.6 is 22.9 Å². The van der Waals surface area contributed by atoms with E-state index in [2.05, 4.69) is 4.99 Å². The first kappa shape index (κ1) is 28.9. The Kier molecular flexibility index (Phi) is 8.06. The van der Waals surface area contributed by atoms with Crippen LogP contribution in [0.25, 0.3) is 17.4 Å². The Labute approximate surface area is 248 Å². The molecule has 0 saturated heterocycles. The second-order valence-electron chi connectivity index (χ2n) is 9.11. The fourth-order valence-corrected chi connectivity index (χ4v) is 5.91. The van der Waals surface area contributed by atoms with Gasteiger partial charge in [0.1, 0.15) is 29.1 Å². The average molecular weight is 609 g/mol. The first-order valence-corrected chi connectivity index (χ1v) is 13.9. The molecule has 1 unspecified atom stereocenters. The molecule has 0 saturated carbocycles. The largest absolute Gasteiger partial charge is 0.497 e. The number of thiazole rings is 1. The summed E-state index contributed by atoms with van der Waals surface area (Å²) in [7, 11) is 3.03. The van der Waals surface area contributed by atoms with Crippen LogP contribution in [0.4, 0.5) is 0 Å². The first-order chi connectivity index (χ1) is 20.2. The molecule has 0 spiro atoms. The van der Waals surface area contributed by atoms with E-state index < -0.39 is 23.5 Å². The summed E-state index contributed by atoms with van der Waals surface area (Å²) in [5, 5.41) is 9.51. The van der Waals surface area contributed by atoms with Gasteiger partial charge in [0, 0.05) is 23.3 Å². The van der Waals surface area contributed by atoms with Crippen LogP contribution in [-0.2, 0) is 9.53 Å². The number of ether oxygens (including phenoxy) is 3. The Morgan fingerprint density at radius 3 is 2.62 bits per heavy atom. The highest BCUT2D eigenvalue weighted by Crippen LogP contribution is 2.37. The lowest BCUT2D eigenvalue weighted by atomic mass is 9.95. The van der Waals surface area contributed by atoms with Gasteiger partial charge in [0.15, 0.2) is 4.80 Å². The smallest absolute Gasteiger partial charge is 0.338 e. The number of carbonyl (C=O) groups excluding carboxylic acids is 1. The third-order valence-electron chi connectivity index (χ3n) is 6.63. The van der Waals surface area contributed by atoms with Gasteiger partial charge in [-0.1, -0.05) is 22.9 Å². The summed E-state index contributed by atoms with van der Waals surface area (Å²) >= 11 is 7.14. The highest BCUT2D eigenvalue weighted by atomic mass is 35.5. The molecule has 42 heavy (non-hydrogen) atoms. The molecule has 1 aliphatic heterocycles. The molecule has 5 rings (SSSR count). The second kappa shape index (κ2) is 11.7. The molecule has 0 bridgehead atoms. The van der Waals surface area contributed by atoms with Gasteiger partial charge in [-0.25, -0.2) is 14.6 Å². The Morgan fingerprint density at radius 1 is 1.14 bits per heavy atom.